The molecule has 0 aliphatic rings. The highest BCUT2D eigenvalue weighted by atomic mass is 16.2. The zero-order valence-corrected chi connectivity index (χ0v) is 13.6. The van der Waals surface area contributed by atoms with Gasteiger partial charge in [0.2, 0.25) is 5.91 Å². The molecule has 0 radical (unpaired) electrons. The largest absolute Gasteiger partial charge is 0.352 e. The quantitative estimate of drug-likeness (QED) is 0.800. The second kappa shape index (κ2) is 25.1. The summed E-state index contributed by atoms with van der Waals surface area (Å²) in [5.41, 5.74) is 5.29. The smallest absolute Gasteiger partial charge is 0.220 e. The highest BCUT2D eigenvalue weighted by Crippen LogP contribution is 1.90. The normalized spacial score (nSPS) is 9.17. The van der Waals surface area contributed by atoms with Crippen LogP contribution in [0.5, 0.6) is 0 Å². The highest BCUT2D eigenvalue weighted by Gasteiger charge is 2.05. The fourth-order valence-corrected chi connectivity index (χ4v) is 0.695. The first kappa shape index (κ1) is 25.8. The number of carbonyl (C=O) groups excluding carboxylic acids is 2. The van der Waals surface area contributed by atoms with Crippen molar-refractivity contribution in [1.29, 1.82) is 0 Å². The van der Waals surface area contributed by atoms with E-state index in [2.05, 4.69) is 5.32 Å². The average Bonchev–Trinajstić information content (AvgIpc) is 2.43. The minimum atomic E-state index is -0.108. The van der Waals surface area contributed by atoms with Crippen molar-refractivity contribution < 1.29 is 9.59 Å². The van der Waals surface area contributed by atoms with Crippen molar-refractivity contribution in [3.8, 4) is 0 Å². The van der Waals surface area contributed by atoms with Gasteiger partial charge in [0.1, 0.15) is 5.78 Å². The fraction of sp³-hybridized carbons (Fsp3) is 0.857. The lowest BCUT2D eigenvalue weighted by molar-refractivity contribution is -0.125. The van der Waals surface area contributed by atoms with Crippen LogP contribution in [0.2, 0.25) is 0 Å². The summed E-state index contributed by atoms with van der Waals surface area (Å²) in [5, 5.41) is 2.67. The van der Waals surface area contributed by atoms with E-state index >= 15 is 0 Å². The van der Waals surface area contributed by atoms with Crippen LogP contribution in [-0.2, 0) is 9.59 Å². The maximum Gasteiger partial charge on any atom is 0.220 e. The molecule has 0 fully saturated rings. The monoisotopic (exact) mass is 262 g/mol. The number of hydrogen-bond acceptors (Lipinski definition) is 3. The average molecular weight is 262 g/mol. The Labute approximate surface area is 114 Å². The molecule has 1 atom stereocenters. The molecule has 0 saturated carbocycles. The molecule has 0 saturated heterocycles. The molecule has 0 spiro atoms. The number of hydrogen-bond donors (Lipinski definition) is 2. The summed E-state index contributed by atoms with van der Waals surface area (Å²) in [6.07, 6.45) is 0.572. The van der Waals surface area contributed by atoms with Crippen molar-refractivity contribution in [3.63, 3.8) is 0 Å². The van der Waals surface area contributed by atoms with E-state index in [0.717, 1.165) is 0 Å². The fourth-order valence-electron chi connectivity index (χ4n) is 0.695. The van der Waals surface area contributed by atoms with Crippen LogP contribution < -0.4 is 11.1 Å². The Morgan fingerprint density at radius 1 is 1.00 bits per heavy atom. The molecular formula is C14H34N2O2. The van der Waals surface area contributed by atoms with Gasteiger partial charge >= 0.3 is 0 Å². The number of rotatable bonds is 5. The number of nitrogens with two attached hydrogens (primary N) is 1. The predicted molar refractivity (Wildman–Crippen MR) is 80.6 cm³/mol. The van der Waals surface area contributed by atoms with Crippen molar-refractivity contribution in [1.82, 2.24) is 5.32 Å². The van der Waals surface area contributed by atoms with Gasteiger partial charge in [0.25, 0.3) is 0 Å². The molecule has 0 aliphatic heterocycles. The summed E-state index contributed by atoms with van der Waals surface area (Å²) in [6, 6.07) is -0.00976. The minimum absolute atomic E-state index is 0.00976. The predicted octanol–water partition coefficient (Wildman–Crippen LogP) is 2.90. The Kier molecular flexibility index (Phi) is 36.0. The van der Waals surface area contributed by atoms with Gasteiger partial charge in [-0.25, -0.2) is 0 Å². The zero-order valence-electron chi connectivity index (χ0n) is 13.6. The molecule has 0 aromatic rings. The van der Waals surface area contributed by atoms with Crippen molar-refractivity contribution >= 4 is 11.7 Å². The molecule has 0 aliphatic carbocycles. The molecular weight excluding hydrogens is 228 g/mol. The van der Waals surface area contributed by atoms with Gasteiger partial charge in [-0.15, -0.1) is 0 Å². The van der Waals surface area contributed by atoms with Crippen LogP contribution in [0.15, 0.2) is 0 Å². The van der Waals surface area contributed by atoms with E-state index in [-0.39, 0.29) is 24.2 Å². The first-order chi connectivity index (χ1) is 8.56. The van der Waals surface area contributed by atoms with Crippen molar-refractivity contribution in [2.75, 3.05) is 6.54 Å². The third-order valence-electron chi connectivity index (χ3n) is 1.47. The van der Waals surface area contributed by atoms with E-state index in [4.69, 9.17) is 5.73 Å². The van der Waals surface area contributed by atoms with Gasteiger partial charge < -0.3 is 15.8 Å². The molecule has 0 heterocycles. The Bertz CT molecular complexity index is 171. The van der Waals surface area contributed by atoms with Crippen LogP contribution in [0.1, 0.15) is 68.2 Å². The Morgan fingerprint density at radius 2 is 1.39 bits per heavy atom. The maximum absolute atomic E-state index is 11.0. The van der Waals surface area contributed by atoms with Gasteiger partial charge in [0.15, 0.2) is 0 Å². The van der Waals surface area contributed by atoms with Gasteiger partial charge in [-0.05, 0) is 13.8 Å². The van der Waals surface area contributed by atoms with Crippen LogP contribution >= 0.6 is 0 Å². The summed E-state index contributed by atoms with van der Waals surface area (Å²) in [6.45, 7) is 15.7. The molecule has 1 unspecified atom stereocenters. The van der Waals surface area contributed by atoms with Crippen molar-refractivity contribution in [2.24, 2.45) is 5.73 Å². The van der Waals surface area contributed by atoms with Gasteiger partial charge in [0.05, 0.1) is 0 Å². The lowest BCUT2D eigenvalue weighted by Crippen LogP contribution is -2.37. The second-order valence-electron chi connectivity index (χ2n) is 2.91. The van der Waals surface area contributed by atoms with Crippen LogP contribution in [0.25, 0.3) is 0 Å². The molecule has 0 aromatic heterocycles. The lowest BCUT2D eigenvalue weighted by Gasteiger charge is -2.10. The van der Waals surface area contributed by atoms with Gasteiger partial charge in [-0.2, -0.15) is 0 Å². The van der Waals surface area contributed by atoms with Crippen molar-refractivity contribution in [2.45, 2.75) is 74.3 Å². The summed E-state index contributed by atoms with van der Waals surface area (Å²) in [4.78, 5) is 21.5. The standard InChI is InChI=1S/C8H16N2O2.3C2H6/c1-6(5-9)10-8(12)4-3-7(2)11;3*1-2/h6H,3-5,9H2,1-2H3,(H,10,12);3*1-2H3. The van der Waals surface area contributed by atoms with Crippen LogP contribution in [0.3, 0.4) is 0 Å². The van der Waals surface area contributed by atoms with E-state index < -0.39 is 0 Å². The SMILES string of the molecule is CC.CC.CC.CC(=O)CCC(=O)NC(C)CN. The van der Waals surface area contributed by atoms with Crippen LogP contribution in [-0.4, -0.2) is 24.3 Å². The molecule has 4 nitrogen and oxygen atoms in total. The first-order valence-corrected chi connectivity index (χ1v) is 7.05. The Hall–Kier alpha value is -0.900. The van der Waals surface area contributed by atoms with E-state index in [9.17, 15) is 9.59 Å². The van der Waals surface area contributed by atoms with Gasteiger partial charge in [-0.1, -0.05) is 41.5 Å². The molecule has 4 heteroatoms. The molecule has 18 heavy (non-hydrogen) atoms. The number of carbonyl (C=O) groups is 2. The van der Waals surface area contributed by atoms with Gasteiger partial charge in [-0.3, -0.25) is 4.79 Å². The number of Topliss-reactive ketones (excluding diaryl/α,β-unsaturated/α-hetero) is 1. The third-order valence-corrected chi connectivity index (χ3v) is 1.47. The molecule has 1 amide bonds. The maximum atomic E-state index is 11.0. The number of ketones is 1. The minimum Gasteiger partial charge on any atom is -0.352 e. The molecule has 3 N–H and O–H groups in total. The van der Waals surface area contributed by atoms with E-state index in [1.807, 2.05) is 48.5 Å². The summed E-state index contributed by atoms with van der Waals surface area (Å²) in [5.74, 6) is -0.0753. The van der Waals surface area contributed by atoms with Crippen LogP contribution in [0.4, 0.5) is 0 Å². The Balaban J connectivity index is -0.000000141. The topological polar surface area (TPSA) is 72.2 Å². The Morgan fingerprint density at radius 3 is 1.67 bits per heavy atom. The number of nitrogens with one attached hydrogen (secondary N) is 1. The summed E-state index contributed by atoms with van der Waals surface area (Å²) in [7, 11) is 0. The molecule has 0 aromatic carbocycles. The van der Waals surface area contributed by atoms with E-state index in [0.29, 0.717) is 13.0 Å². The third kappa shape index (κ3) is 29.4. The van der Waals surface area contributed by atoms with E-state index in [1.54, 1.807) is 0 Å². The molecule has 0 bridgehead atoms. The number of amides is 1. The second-order valence-corrected chi connectivity index (χ2v) is 2.91. The first-order valence-electron chi connectivity index (χ1n) is 7.05. The molecule has 0 rings (SSSR count). The van der Waals surface area contributed by atoms with Crippen LogP contribution in [0, 0.1) is 0 Å². The van der Waals surface area contributed by atoms with E-state index in [1.165, 1.54) is 6.92 Å². The zero-order chi connectivity index (χ0) is 15.6. The lowest BCUT2D eigenvalue weighted by atomic mass is 10.2. The summed E-state index contributed by atoms with van der Waals surface area (Å²) < 4.78 is 0. The highest BCUT2D eigenvalue weighted by molar-refractivity contribution is 5.83. The van der Waals surface area contributed by atoms with Crippen molar-refractivity contribution in [3.05, 3.63) is 0 Å². The summed E-state index contributed by atoms with van der Waals surface area (Å²) >= 11 is 0. The molecule has 112 valence electrons. The van der Waals surface area contributed by atoms with Gasteiger partial charge in [0, 0.05) is 25.4 Å².